The highest BCUT2D eigenvalue weighted by Gasteiger charge is 2.28. The maximum atomic E-state index is 12.5. The Labute approximate surface area is 188 Å². The second-order valence-electron chi connectivity index (χ2n) is 8.87. The Hall–Kier alpha value is -2.31. The van der Waals surface area contributed by atoms with Crippen molar-refractivity contribution in [2.75, 3.05) is 13.6 Å². The molecule has 1 aliphatic carbocycles. The molecule has 0 radical (unpaired) electrons. The Morgan fingerprint density at radius 1 is 1.13 bits per heavy atom. The maximum Gasteiger partial charge on any atom is 0.261 e. The average Bonchev–Trinajstić information content (AvgIpc) is 3.19. The monoisotopic (exact) mass is 436 g/mol. The molecule has 2 heterocycles. The standard InChI is InChI=1S/C25H32N4OS/c1-16(2)24-28-14-18(15-29-24)13-27-12-17-8-10-19(11-9-17)22-20-6-4-5-7-21(20)31-23(22)25(30)26-3/h4-7,14-17,19,27H,8-13H2,1-3H3,(H,26,30). The molecule has 5 nitrogen and oxygen atoms in total. The number of carbonyl (C=O) groups is 1. The minimum Gasteiger partial charge on any atom is -0.354 e. The lowest BCUT2D eigenvalue weighted by Gasteiger charge is -2.29. The van der Waals surface area contributed by atoms with Crippen molar-refractivity contribution in [2.45, 2.75) is 57.9 Å². The molecule has 1 aliphatic rings. The highest BCUT2D eigenvalue weighted by Crippen LogP contribution is 2.43. The number of aromatic nitrogens is 2. The number of fused-ring (bicyclic) bond motifs is 1. The molecule has 164 valence electrons. The first kappa shape index (κ1) is 21.9. The molecule has 3 aromatic rings. The SMILES string of the molecule is CNC(=O)c1sc2ccccc2c1C1CCC(CNCc2cnc(C(C)C)nc2)CC1. The van der Waals surface area contributed by atoms with E-state index in [2.05, 4.69) is 58.7 Å². The van der Waals surface area contributed by atoms with Crippen LogP contribution < -0.4 is 10.6 Å². The third kappa shape index (κ3) is 4.96. The topological polar surface area (TPSA) is 66.9 Å². The van der Waals surface area contributed by atoms with Crippen LogP contribution in [0.4, 0.5) is 0 Å². The fourth-order valence-corrected chi connectivity index (χ4v) is 5.82. The van der Waals surface area contributed by atoms with Crippen LogP contribution >= 0.6 is 11.3 Å². The van der Waals surface area contributed by atoms with Crippen LogP contribution in [-0.4, -0.2) is 29.5 Å². The van der Waals surface area contributed by atoms with Gasteiger partial charge in [-0.3, -0.25) is 4.79 Å². The molecule has 31 heavy (non-hydrogen) atoms. The van der Waals surface area contributed by atoms with Crippen molar-refractivity contribution in [3.63, 3.8) is 0 Å². The number of thiophene rings is 1. The molecule has 0 aliphatic heterocycles. The van der Waals surface area contributed by atoms with E-state index in [4.69, 9.17) is 0 Å². The van der Waals surface area contributed by atoms with Gasteiger partial charge in [-0.15, -0.1) is 11.3 Å². The van der Waals surface area contributed by atoms with E-state index < -0.39 is 0 Å². The first-order chi connectivity index (χ1) is 15.1. The number of rotatable bonds is 7. The quantitative estimate of drug-likeness (QED) is 0.532. The van der Waals surface area contributed by atoms with Crippen LogP contribution in [0.15, 0.2) is 36.7 Å². The van der Waals surface area contributed by atoms with Gasteiger partial charge in [-0.05, 0) is 61.1 Å². The lowest BCUT2D eigenvalue weighted by atomic mass is 9.77. The van der Waals surface area contributed by atoms with Crippen LogP contribution in [0.25, 0.3) is 10.1 Å². The predicted molar refractivity (Wildman–Crippen MR) is 128 cm³/mol. The lowest BCUT2D eigenvalue weighted by molar-refractivity contribution is 0.0965. The zero-order chi connectivity index (χ0) is 21.8. The van der Waals surface area contributed by atoms with Crippen molar-refractivity contribution in [3.8, 4) is 0 Å². The maximum absolute atomic E-state index is 12.5. The van der Waals surface area contributed by atoms with Crippen molar-refractivity contribution >= 4 is 27.3 Å². The Bertz CT molecular complexity index is 1020. The van der Waals surface area contributed by atoms with Crippen LogP contribution in [0.2, 0.25) is 0 Å². The number of benzene rings is 1. The van der Waals surface area contributed by atoms with E-state index in [1.54, 1.807) is 18.4 Å². The van der Waals surface area contributed by atoms with Crippen LogP contribution in [0, 0.1) is 5.92 Å². The Morgan fingerprint density at radius 2 is 1.84 bits per heavy atom. The van der Waals surface area contributed by atoms with Crippen molar-refractivity contribution in [2.24, 2.45) is 5.92 Å². The Morgan fingerprint density at radius 3 is 2.52 bits per heavy atom. The van der Waals surface area contributed by atoms with E-state index >= 15 is 0 Å². The van der Waals surface area contributed by atoms with Gasteiger partial charge in [0.05, 0.1) is 4.88 Å². The largest absolute Gasteiger partial charge is 0.354 e. The summed E-state index contributed by atoms with van der Waals surface area (Å²) < 4.78 is 1.21. The summed E-state index contributed by atoms with van der Waals surface area (Å²) in [5, 5.41) is 7.69. The van der Waals surface area contributed by atoms with Gasteiger partial charge in [0.15, 0.2) is 0 Å². The second-order valence-corrected chi connectivity index (χ2v) is 9.93. The minimum atomic E-state index is 0.0469. The molecule has 0 saturated heterocycles. The van der Waals surface area contributed by atoms with Crippen LogP contribution in [0.1, 0.15) is 78.0 Å². The van der Waals surface area contributed by atoms with Crippen molar-refractivity contribution in [1.29, 1.82) is 0 Å². The molecule has 4 rings (SSSR count). The zero-order valence-corrected chi connectivity index (χ0v) is 19.5. The molecule has 2 aromatic heterocycles. The molecule has 2 N–H and O–H groups in total. The molecule has 0 bridgehead atoms. The zero-order valence-electron chi connectivity index (χ0n) is 18.6. The number of carbonyl (C=O) groups excluding carboxylic acids is 1. The molecule has 0 unspecified atom stereocenters. The molecule has 1 saturated carbocycles. The van der Waals surface area contributed by atoms with Crippen molar-refractivity contribution in [3.05, 3.63) is 58.5 Å². The smallest absolute Gasteiger partial charge is 0.261 e. The van der Waals surface area contributed by atoms with Crippen molar-refractivity contribution < 1.29 is 4.79 Å². The average molecular weight is 437 g/mol. The van der Waals surface area contributed by atoms with Gasteiger partial charge in [0.2, 0.25) is 0 Å². The van der Waals surface area contributed by atoms with Crippen LogP contribution in [0.5, 0.6) is 0 Å². The van der Waals surface area contributed by atoms with E-state index in [1.807, 2.05) is 12.4 Å². The first-order valence-electron chi connectivity index (χ1n) is 11.3. The molecular weight excluding hydrogens is 404 g/mol. The molecule has 6 heteroatoms. The van der Waals surface area contributed by atoms with Gasteiger partial charge in [0, 0.05) is 42.2 Å². The molecule has 0 spiro atoms. The van der Waals surface area contributed by atoms with E-state index in [9.17, 15) is 4.79 Å². The van der Waals surface area contributed by atoms with Crippen LogP contribution in [-0.2, 0) is 6.54 Å². The normalized spacial score (nSPS) is 19.1. The molecular formula is C25H32N4OS. The van der Waals surface area contributed by atoms with Crippen molar-refractivity contribution in [1.82, 2.24) is 20.6 Å². The van der Waals surface area contributed by atoms with E-state index in [0.29, 0.717) is 17.8 Å². The summed E-state index contributed by atoms with van der Waals surface area (Å²) in [6.45, 7) is 6.06. The van der Waals surface area contributed by atoms with Crippen LogP contribution in [0.3, 0.4) is 0 Å². The second kappa shape index (κ2) is 9.88. The van der Waals surface area contributed by atoms with Gasteiger partial charge in [-0.2, -0.15) is 0 Å². The van der Waals surface area contributed by atoms with Gasteiger partial charge < -0.3 is 10.6 Å². The summed E-state index contributed by atoms with van der Waals surface area (Å²) in [6.07, 6.45) is 8.55. The number of hydrogen-bond acceptors (Lipinski definition) is 5. The predicted octanol–water partition coefficient (Wildman–Crippen LogP) is 5.24. The summed E-state index contributed by atoms with van der Waals surface area (Å²) in [4.78, 5) is 22.3. The van der Waals surface area contributed by atoms with E-state index in [1.165, 1.54) is 28.5 Å². The Kier molecular flexibility index (Phi) is 6.98. The van der Waals surface area contributed by atoms with Gasteiger partial charge >= 0.3 is 0 Å². The minimum absolute atomic E-state index is 0.0469. The first-order valence-corrected chi connectivity index (χ1v) is 12.1. The van der Waals surface area contributed by atoms with Gasteiger partial charge in [-0.1, -0.05) is 32.0 Å². The number of nitrogens with one attached hydrogen (secondary N) is 2. The van der Waals surface area contributed by atoms with Gasteiger partial charge in [0.1, 0.15) is 5.82 Å². The number of amides is 1. The summed E-state index contributed by atoms with van der Waals surface area (Å²) in [7, 11) is 1.72. The highest BCUT2D eigenvalue weighted by atomic mass is 32.1. The summed E-state index contributed by atoms with van der Waals surface area (Å²) in [5.41, 5.74) is 2.41. The lowest BCUT2D eigenvalue weighted by Crippen LogP contribution is -2.26. The fraction of sp³-hybridized carbons (Fsp3) is 0.480. The number of hydrogen-bond donors (Lipinski definition) is 2. The summed E-state index contributed by atoms with van der Waals surface area (Å²) in [5.74, 6) is 2.46. The van der Waals surface area contributed by atoms with Gasteiger partial charge in [-0.25, -0.2) is 9.97 Å². The fourth-order valence-electron chi connectivity index (χ4n) is 4.58. The third-order valence-electron chi connectivity index (χ3n) is 6.33. The van der Waals surface area contributed by atoms with Gasteiger partial charge in [0.25, 0.3) is 5.91 Å². The Balaban J connectivity index is 1.34. The molecule has 1 fully saturated rings. The van der Waals surface area contributed by atoms with E-state index in [-0.39, 0.29) is 5.91 Å². The third-order valence-corrected chi connectivity index (χ3v) is 7.51. The molecule has 0 atom stereocenters. The summed E-state index contributed by atoms with van der Waals surface area (Å²) in [6, 6.07) is 8.44. The number of nitrogens with zero attached hydrogens (tertiary/aromatic N) is 2. The summed E-state index contributed by atoms with van der Waals surface area (Å²) >= 11 is 1.63. The van der Waals surface area contributed by atoms with E-state index in [0.717, 1.165) is 42.2 Å². The molecule has 1 amide bonds. The highest BCUT2D eigenvalue weighted by molar-refractivity contribution is 7.21. The molecule has 1 aromatic carbocycles.